The van der Waals surface area contributed by atoms with Crippen LogP contribution in [0.4, 0.5) is 4.79 Å². The molecular formula is C21H23N3O2. The number of hydrogen-bond donors (Lipinski definition) is 1. The summed E-state index contributed by atoms with van der Waals surface area (Å²) in [6.45, 7) is 4.56. The molecule has 1 fully saturated rings. The smallest absolute Gasteiger partial charge is 0.317 e. The van der Waals surface area contributed by atoms with E-state index in [2.05, 4.69) is 34.5 Å². The molecule has 0 bridgehead atoms. The van der Waals surface area contributed by atoms with Crippen molar-refractivity contribution in [3.05, 3.63) is 72.2 Å². The highest BCUT2D eigenvalue weighted by Gasteiger charge is 2.21. The number of rotatable bonds is 4. The van der Waals surface area contributed by atoms with Crippen LogP contribution in [0.2, 0.25) is 0 Å². The third kappa shape index (κ3) is 3.73. The van der Waals surface area contributed by atoms with Gasteiger partial charge in [0.1, 0.15) is 5.76 Å². The van der Waals surface area contributed by atoms with E-state index in [1.54, 1.807) is 6.26 Å². The Hall–Kier alpha value is -2.79. The molecule has 1 aliphatic heterocycles. The summed E-state index contributed by atoms with van der Waals surface area (Å²) in [4.78, 5) is 16.7. The molecule has 4 rings (SSSR count). The molecule has 1 aromatic heterocycles. The lowest BCUT2D eigenvalue weighted by Gasteiger charge is -2.34. The van der Waals surface area contributed by atoms with Crippen LogP contribution in [0.25, 0.3) is 10.8 Å². The molecular weight excluding hydrogens is 326 g/mol. The molecule has 5 heteroatoms. The van der Waals surface area contributed by atoms with Crippen LogP contribution in [-0.2, 0) is 13.1 Å². The average Bonchev–Trinajstić information content (AvgIpc) is 3.19. The Balaban J connectivity index is 1.30. The molecule has 2 amide bonds. The summed E-state index contributed by atoms with van der Waals surface area (Å²) in [5, 5.41) is 5.46. The van der Waals surface area contributed by atoms with Crippen molar-refractivity contribution in [2.75, 3.05) is 26.2 Å². The minimum atomic E-state index is 0.00980. The predicted molar refractivity (Wildman–Crippen MR) is 102 cm³/mol. The van der Waals surface area contributed by atoms with Crippen LogP contribution in [0.3, 0.4) is 0 Å². The lowest BCUT2D eigenvalue weighted by molar-refractivity contribution is 0.130. The van der Waals surface area contributed by atoms with E-state index in [1.165, 1.54) is 10.8 Å². The van der Waals surface area contributed by atoms with E-state index in [-0.39, 0.29) is 6.03 Å². The van der Waals surface area contributed by atoms with Gasteiger partial charge in [-0.1, -0.05) is 42.5 Å². The monoisotopic (exact) mass is 349 g/mol. The van der Waals surface area contributed by atoms with Crippen molar-refractivity contribution in [1.29, 1.82) is 0 Å². The predicted octanol–water partition coefficient (Wildman–Crippen LogP) is 3.46. The number of carbonyl (C=O) groups excluding carboxylic acids is 1. The Morgan fingerprint density at radius 2 is 1.77 bits per heavy atom. The zero-order valence-corrected chi connectivity index (χ0v) is 14.7. The molecule has 0 unspecified atom stereocenters. The minimum absolute atomic E-state index is 0.00980. The molecule has 1 aliphatic rings. The summed E-state index contributed by atoms with van der Waals surface area (Å²) in [5.41, 5.74) is 1.15. The van der Waals surface area contributed by atoms with Gasteiger partial charge in [0.2, 0.25) is 0 Å². The molecule has 2 heterocycles. The number of nitrogens with zero attached hydrogens (tertiary/aromatic N) is 2. The van der Waals surface area contributed by atoms with Gasteiger partial charge in [-0.2, -0.15) is 0 Å². The van der Waals surface area contributed by atoms with Crippen LogP contribution >= 0.6 is 0 Å². The van der Waals surface area contributed by atoms with E-state index in [4.69, 9.17) is 4.42 Å². The van der Waals surface area contributed by atoms with E-state index in [0.29, 0.717) is 6.54 Å². The molecule has 5 nitrogen and oxygen atoms in total. The van der Waals surface area contributed by atoms with Crippen molar-refractivity contribution in [3.63, 3.8) is 0 Å². The zero-order chi connectivity index (χ0) is 17.8. The van der Waals surface area contributed by atoms with Gasteiger partial charge in [-0.3, -0.25) is 4.90 Å². The zero-order valence-electron chi connectivity index (χ0n) is 14.7. The Morgan fingerprint density at radius 1 is 0.962 bits per heavy atom. The maximum Gasteiger partial charge on any atom is 0.317 e. The van der Waals surface area contributed by atoms with Gasteiger partial charge in [-0.15, -0.1) is 0 Å². The lowest BCUT2D eigenvalue weighted by Crippen LogP contribution is -2.51. The van der Waals surface area contributed by atoms with Crippen molar-refractivity contribution in [2.45, 2.75) is 13.1 Å². The Bertz CT molecular complexity index is 863. The van der Waals surface area contributed by atoms with Crippen molar-refractivity contribution in [3.8, 4) is 0 Å². The van der Waals surface area contributed by atoms with Crippen LogP contribution < -0.4 is 5.32 Å². The van der Waals surface area contributed by atoms with Crippen molar-refractivity contribution in [2.24, 2.45) is 0 Å². The summed E-state index contributed by atoms with van der Waals surface area (Å²) in [7, 11) is 0. The van der Waals surface area contributed by atoms with Gasteiger partial charge in [0, 0.05) is 32.7 Å². The van der Waals surface area contributed by atoms with Gasteiger partial charge < -0.3 is 14.6 Å². The van der Waals surface area contributed by atoms with Crippen molar-refractivity contribution < 1.29 is 9.21 Å². The molecule has 1 N–H and O–H groups in total. The summed E-state index contributed by atoms with van der Waals surface area (Å²) in [6.07, 6.45) is 1.70. The summed E-state index contributed by atoms with van der Waals surface area (Å²) >= 11 is 0. The molecule has 0 saturated carbocycles. The van der Waals surface area contributed by atoms with E-state index < -0.39 is 0 Å². The second-order valence-corrected chi connectivity index (χ2v) is 6.64. The summed E-state index contributed by atoms with van der Waals surface area (Å²) in [6, 6.07) is 18.4. The standard InChI is InChI=1S/C21H23N3O2/c25-21(22-15-18-7-3-6-17-5-1-2-9-20(17)18)24-12-10-23(11-13-24)16-19-8-4-14-26-19/h1-9,14H,10-13,15-16H2,(H,22,25). The SMILES string of the molecule is O=C(NCc1cccc2ccccc12)N1CCN(Cc2ccco2)CC1. The fraction of sp³-hybridized carbons (Fsp3) is 0.286. The van der Waals surface area contributed by atoms with Crippen LogP contribution in [0.15, 0.2) is 65.3 Å². The van der Waals surface area contributed by atoms with E-state index in [1.807, 2.05) is 35.2 Å². The highest BCUT2D eigenvalue weighted by molar-refractivity contribution is 5.86. The van der Waals surface area contributed by atoms with Gasteiger partial charge in [0.15, 0.2) is 0 Å². The number of nitrogens with one attached hydrogen (secondary N) is 1. The molecule has 0 spiro atoms. The van der Waals surface area contributed by atoms with E-state index in [0.717, 1.165) is 44.0 Å². The van der Waals surface area contributed by atoms with Crippen LogP contribution in [0.5, 0.6) is 0 Å². The fourth-order valence-corrected chi connectivity index (χ4v) is 3.46. The topological polar surface area (TPSA) is 48.7 Å². The molecule has 0 atom stereocenters. The number of piperazine rings is 1. The first-order chi connectivity index (χ1) is 12.8. The quantitative estimate of drug-likeness (QED) is 0.785. The maximum atomic E-state index is 12.5. The van der Waals surface area contributed by atoms with Crippen LogP contribution in [-0.4, -0.2) is 42.0 Å². The number of amides is 2. The van der Waals surface area contributed by atoms with Gasteiger partial charge in [0.05, 0.1) is 12.8 Å². The number of fused-ring (bicyclic) bond motifs is 1. The van der Waals surface area contributed by atoms with Gasteiger partial charge in [-0.05, 0) is 28.5 Å². The van der Waals surface area contributed by atoms with Gasteiger partial charge >= 0.3 is 6.03 Å². The normalized spacial score (nSPS) is 15.3. The third-order valence-electron chi connectivity index (χ3n) is 4.93. The average molecular weight is 349 g/mol. The number of furan rings is 1. The number of hydrogen-bond acceptors (Lipinski definition) is 3. The van der Waals surface area contributed by atoms with Crippen LogP contribution in [0, 0.1) is 0 Å². The Morgan fingerprint density at radius 3 is 2.58 bits per heavy atom. The second-order valence-electron chi connectivity index (χ2n) is 6.64. The molecule has 0 aliphatic carbocycles. The highest BCUT2D eigenvalue weighted by atomic mass is 16.3. The Labute approximate surface area is 153 Å². The summed E-state index contributed by atoms with van der Waals surface area (Å²) in [5.74, 6) is 0.971. The second kappa shape index (κ2) is 7.62. The Kier molecular flexibility index (Phi) is 4.88. The number of urea groups is 1. The number of benzene rings is 2. The van der Waals surface area contributed by atoms with E-state index >= 15 is 0 Å². The fourth-order valence-electron chi connectivity index (χ4n) is 3.46. The molecule has 0 radical (unpaired) electrons. The first-order valence-corrected chi connectivity index (χ1v) is 9.04. The molecule has 1 saturated heterocycles. The molecule has 3 aromatic rings. The van der Waals surface area contributed by atoms with Crippen LogP contribution in [0.1, 0.15) is 11.3 Å². The number of carbonyl (C=O) groups is 1. The molecule has 26 heavy (non-hydrogen) atoms. The van der Waals surface area contributed by atoms with Gasteiger partial charge in [0.25, 0.3) is 0 Å². The highest BCUT2D eigenvalue weighted by Crippen LogP contribution is 2.18. The van der Waals surface area contributed by atoms with Gasteiger partial charge in [-0.25, -0.2) is 4.79 Å². The first-order valence-electron chi connectivity index (χ1n) is 9.04. The summed E-state index contributed by atoms with van der Waals surface area (Å²) < 4.78 is 5.40. The largest absolute Gasteiger partial charge is 0.468 e. The molecule has 134 valence electrons. The maximum absolute atomic E-state index is 12.5. The van der Waals surface area contributed by atoms with Crippen molar-refractivity contribution >= 4 is 16.8 Å². The first kappa shape index (κ1) is 16.7. The minimum Gasteiger partial charge on any atom is -0.468 e. The third-order valence-corrected chi connectivity index (χ3v) is 4.93. The van der Waals surface area contributed by atoms with E-state index in [9.17, 15) is 4.79 Å². The molecule has 2 aromatic carbocycles. The lowest BCUT2D eigenvalue weighted by atomic mass is 10.0. The van der Waals surface area contributed by atoms with Crippen molar-refractivity contribution in [1.82, 2.24) is 15.1 Å².